The summed E-state index contributed by atoms with van der Waals surface area (Å²) in [6.07, 6.45) is 2.44. The summed E-state index contributed by atoms with van der Waals surface area (Å²) in [6, 6.07) is 7.32. The Balaban J connectivity index is 1.60. The molecule has 2 unspecified atom stereocenters. The number of aromatic nitrogens is 4. The molecule has 0 radical (unpaired) electrons. The largest absolute Gasteiger partial charge is 0.361 e. The molecule has 0 bridgehead atoms. The van der Waals surface area contributed by atoms with Gasteiger partial charge in [0, 0.05) is 29.6 Å². The van der Waals surface area contributed by atoms with Gasteiger partial charge in [-0.05, 0) is 56.9 Å². The summed E-state index contributed by atoms with van der Waals surface area (Å²) >= 11 is 8.88. The zero-order valence-corrected chi connectivity index (χ0v) is 22.2. The topological polar surface area (TPSA) is 151 Å². The van der Waals surface area contributed by atoms with Crippen LogP contribution in [-0.4, -0.2) is 47.3 Å². The van der Waals surface area contributed by atoms with Crippen LogP contribution in [0.4, 0.5) is 17.5 Å². The molecule has 1 saturated carbocycles. The monoisotopic (exact) mass is 541 g/mol. The lowest BCUT2D eigenvalue weighted by atomic mass is 9.92. The Bertz CT molecular complexity index is 1260. The number of nitrogens with two attached hydrogens (primary N) is 1. The quantitative estimate of drug-likeness (QED) is 0.185. The minimum atomic E-state index is -3.74. The first-order valence-electron chi connectivity index (χ1n) is 11.0. The van der Waals surface area contributed by atoms with Gasteiger partial charge < -0.3 is 30.7 Å². The number of aryl methyl sites for hydroxylation is 1. The molecule has 2 atom stereocenters. The standard InChI is InChI=1S/C20H29N7O3P2S2/c1-2-27-11-22-17-18(25-20(26-19(17)27)24-15-5-3-13(21)4-6-15)23-14-7-9-16(10-8-14)31(28,33)12-32(29,30)34/h7-11,13,15H,2-6,12,21H2,1H3,(H,28,33)(H2,29,30,34)(H2,23,24,25,26). The second-order valence-electron chi connectivity index (χ2n) is 8.53. The predicted molar refractivity (Wildman–Crippen MR) is 144 cm³/mol. The van der Waals surface area contributed by atoms with E-state index in [0.717, 1.165) is 37.9 Å². The first-order valence-corrected chi connectivity index (χ1v) is 17.0. The van der Waals surface area contributed by atoms with E-state index >= 15 is 0 Å². The fraction of sp³-hybridized carbons (Fsp3) is 0.450. The van der Waals surface area contributed by atoms with Crippen LogP contribution in [0.25, 0.3) is 11.2 Å². The molecular weight excluding hydrogens is 512 g/mol. The molecule has 0 saturated heterocycles. The number of nitrogens with zero attached hydrogens (tertiary/aromatic N) is 4. The van der Waals surface area contributed by atoms with Gasteiger partial charge in [-0.25, -0.2) is 4.98 Å². The van der Waals surface area contributed by atoms with Gasteiger partial charge in [0.1, 0.15) is 6.26 Å². The normalized spacial score (nSPS) is 22.1. The molecular formula is C20H29N7O3P2S2. The van der Waals surface area contributed by atoms with Crippen LogP contribution < -0.4 is 21.7 Å². The molecule has 3 aromatic rings. The third kappa shape index (κ3) is 6.18. The Morgan fingerprint density at radius 3 is 2.50 bits per heavy atom. The predicted octanol–water partition coefficient (Wildman–Crippen LogP) is 3.36. The Morgan fingerprint density at radius 2 is 1.88 bits per heavy atom. The van der Waals surface area contributed by atoms with Gasteiger partial charge in [0.15, 0.2) is 17.0 Å². The van der Waals surface area contributed by atoms with Crippen molar-refractivity contribution in [3.8, 4) is 0 Å². The second kappa shape index (κ2) is 10.2. The minimum Gasteiger partial charge on any atom is -0.361 e. The highest BCUT2D eigenvalue weighted by Gasteiger charge is 2.26. The molecule has 10 nitrogen and oxygen atoms in total. The van der Waals surface area contributed by atoms with Crippen LogP contribution >= 0.6 is 25.1 Å². The van der Waals surface area contributed by atoms with Gasteiger partial charge in [0.05, 0.1) is 12.2 Å². The Kier molecular flexibility index (Phi) is 7.69. The van der Waals surface area contributed by atoms with Crippen LogP contribution in [0, 0.1) is 0 Å². The third-order valence-corrected chi connectivity index (χ3v) is 12.7. The number of anilines is 3. The molecule has 4 rings (SSSR count). The molecule has 2 heterocycles. The molecule has 14 heteroatoms. The SMILES string of the molecule is CCn1cnc2c(Nc3ccc(P(O)(=S)CP(=O)(O)S)cc3)nc(NC3CCC(N)CC3)nc21. The van der Waals surface area contributed by atoms with E-state index in [-0.39, 0.29) is 12.1 Å². The minimum absolute atomic E-state index is 0.260. The molecule has 184 valence electrons. The summed E-state index contributed by atoms with van der Waals surface area (Å²) in [4.78, 5) is 34.0. The van der Waals surface area contributed by atoms with Crippen molar-refractivity contribution in [2.24, 2.45) is 5.73 Å². The van der Waals surface area contributed by atoms with Gasteiger partial charge in [-0.1, -0.05) is 24.1 Å². The maximum atomic E-state index is 11.6. The molecule has 0 spiro atoms. The lowest BCUT2D eigenvalue weighted by Crippen LogP contribution is -2.33. The summed E-state index contributed by atoms with van der Waals surface area (Å²) in [7, 11) is 0. The third-order valence-electron chi connectivity index (χ3n) is 5.82. The van der Waals surface area contributed by atoms with Crippen molar-refractivity contribution in [2.45, 2.75) is 51.2 Å². The zero-order chi connectivity index (χ0) is 24.5. The second-order valence-corrected chi connectivity index (χ2v) is 16.6. The highest BCUT2D eigenvalue weighted by atomic mass is 32.7. The van der Waals surface area contributed by atoms with Crippen molar-refractivity contribution < 1.29 is 14.4 Å². The van der Waals surface area contributed by atoms with Gasteiger partial charge in [-0.2, -0.15) is 9.97 Å². The van der Waals surface area contributed by atoms with E-state index in [4.69, 9.17) is 27.5 Å². The van der Waals surface area contributed by atoms with Gasteiger partial charge >= 0.3 is 0 Å². The van der Waals surface area contributed by atoms with Gasteiger partial charge in [0.2, 0.25) is 5.95 Å². The Hall–Kier alpha value is -1.52. The number of benzene rings is 1. The molecule has 1 aliphatic carbocycles. The molecule has 0 aliphatic heterocycles. The average molecular weight is 542 g/mol. The van der Waals surface area contributed by atoms with E-state index in [1.807, 2.05) is 11.5 Å². The van der Waals surface area contributed by atoms with Gasteiger partial charge in [0.25, 0.3) is 6.57 Å². The number of rotatable bonds is 8. The van der Waals surface area contributed by atoms with Crippen LogP contribution in [0.1, 0.15) is 32.6 Å². The number of nitrogens with one attached hydrogen (secondary N) is 2. The summed E-state index contributed by atoms with van der Waals surface area (Å²) in [5.41, 5.74) is 8.11. The number of thiol groups is 1. The van der Waals surface area contributed by atoms with Crippen molar-refractivity contribution in [1.82, 2.24) is 19.5 Å². The van der Waals surface area contributed by atoms with Crippen LogP contribution in [0.15, 0.2) is 30.6 Å². The fourth-order valence-electron chi connectivity index (χ4n) is 4.02. The maximum absolute atomic E-state index is 11.6. The number of imidazole rings is 1. The Labute approximate surface area is 208 Å². The number of hydrogen-bond donors (Lipinski definition) is 6. The molecule has 6 N–H and O–H groups in total. The lowest BCUT2D eigenvalue weighted by molar-refractivity contribution is 0.410. The summed E-state index contributed by atoms with van der Waals surface area (Å²) in [5.74, 6) is 0.659. The summed E-state index contributed by atoms with van der Waals surface area (Å²) in [5, 5.41) is 7.18. The zero-order valence-electron chi connectivity index (χ0n) is 18.7. The van der Waals surface area contributed by atoms with E-state index in [1.54, 1.807) is 30.6 Å². The van der Waals surface area contributed by atoms with Crippen LogP contribution in [-0.2, 0) is 22.9 Å². The van der Waals surface area contributed by atoms with Crippen molar-refractivity contribution in [1.29, 1.82) is 0 Å². The van der Waals surface area contributed by atoms with Gasteiger partial charge in [-0.3, -0.25) is 4.57 Å². The van der Waals surface area contributed by atoms with Crippen LogP contribution in [0.2, 0.25) is 0 Å². The molecule has 0 amide bonds. The fourth-order valence-corrected chi connectivity index (χ4v) is 11.5. The molecule has 34 heavy (non-hydrogen) atoms. The van der Waals surface area contributed by atoms with Crippen LogP contribution in [0.3, 0.4) is 0 Å². The van der Waals surface area contributed by atoms with E-state index in [1.165, 1.54) is 0 Å². The first kappa shape index (κ1) is 25.6. The molecule has 2 aromatic heterocycles. The Morgan fingerprint density at radius 1 is 1.21 bits per heavy atom. The summed E-state index contributed by atoms with van der Waals surface area (Å²) < 4.78 is 13.6. The van der Waals surface area contributed by atoms with Crippen molar-refractivity contribution >= 4 is 70.8 Å². The smallest absolute Gasteiger partial charge is 0.259 e. The van der Waals surface area contributed by atoms with Crippen molar-refractivity contribution in [2.75, 3.05) is 16.5 Å². The molecule has 1 aromatic carbocycles. The highest BCUT2D eigenvalue weighted by Crippen LogP contribution is 2.59. The average Bonchev–Trinajstić information content (AvgIpc) is 3.17. The van der Waals surface area contributed by atoms with E-state index in [9.17, 15) is 14.4 Å². The van der Waals surface area contributed by atoms with Gasteiger partial charge in [-0.15, -0.1) is 0 Å². The molecule has 1 aliphatic rings. The van der Waals surface area contributed by atoms with E-state index in [2.05, 4.69) is 27.9 Å². The van der Waals surface area contributed by atoms with E-state index < -0.39 is 18.7 Å². The van der Waals surface area contributed by atoms with Crippen molar-refractivity contribution in [3.63, 3.8) is 0 Å². The number of hydrogen-bond acceptors (Lipinski definition) is 8. The van der Waals surface area contributed by atoms with Crippen LogP contribution in [0.5, 0.6) is 0 Å². The number of fused-ring (bicyclic) bond motifs is 1. The lowest BCUT2D eigenvalue weighted by Gasteiger charge is -2.26. The first-order chi connectivity index (χ1) is 16.0. The highest BCUT2D eigenvalue weighted by molar-refractivity contribution is 8.48. The van der Waals surface area contributed by atoms with Crippen molar-refractivity contribution in [3.05, 3.63) is 30.6 Å². The van der Waals surface area contributed by atoms with E-state index in [0.29, 0.717) is 28.3 Å². The maximum Gasteiger partial charge on any atom is 0.259 e. The molecule has 1 fully saturated rings. The summed E-state index contributed by atoms with van der Waals surface area (Å²) in [6.45, 7) is -0.989.